The summed E-state index contributed by atoms with van der Waals surface area (Å²) in [6, 6.07) is 9.92. The molecule has 1 saturated heterocycles. The third kappa shape index (κ3) is 6.97. The van der Waals surface area contributed by atoms with Gasteiger partial charge in [-0.1, -0.05) is 42.5 Å². The molecule has 1 aromatic carbocycles. The third-order valence-corrected chi connectivity index (χ3v) is 4.14. The third-order valence-electron chi connectivity index (χ3n) is 4.14. The number of piperidine rings is 1. The van der Waals surface area contributed by atoms with E-state index in [4.69, 9.17) is 4.74 Å². The number of hydrogen-bond donors (Lipinski definition) is 1. The topological polar surface area (TPSA) is 41.6 Å². The summed E-state index contributed by atoms with van der Waals surface area (Å²) in [4.78, 5) is 14.3. The maximum atomic E-state index is 11.9. The molecule has 0 radical (unpaired) electrons. The fourth-order valence-electron chi connectivity index (χ4n) is 2.88. The van der Waals surface area contributed by atoms with Crippen LogP contribution in [0, 0.1) is 5.92 Å². The fourth-order valence-corrected chi connectivity index (χ4v) is 2.88. The van der Waals surface area contributed by atoms with Crippen LogP contribution in [0.1, 0.15) is 25.3 Å². The number of amides is 1. The van der Waals surface area contributed by atoms with Gasteiger partial charge in [-0.15, -0.1) is 0 Å². The highest BCUT2D eigenvalue weighted by molar-refractivity contribution is 5.77. The van der Waals surface area contributed by atoms with Crippen molar-refractivity contribution in [3.8, 4) is 0 Å². The predicted molar refractivity (Wildman–Crippen MR) is 93.1 cm³/mol. The van der Waals surface area contributed by atoms with Gasteiger partial charge in [0.15, 0.2) is 0 Å². The average molecular weight is 316 g/mol. The molecule has 1 amide bonds. The molecule has 1 aliphatic heterocycles. The maximum Gasteiger partial charge on any atom is 0.246 e. The molecule has 0 aliphatic carbocycles. The minimum Gasteiger partial charge on any atom is -0.367 e. The van der Waals surface area contributed by atoms with Gasteiger partial charge in [-0.25, -0.2) is 0 Å². The smallest absolute Gasteiger partial charge is 0.246 e. The first kappa shape index (κ1) is 17.7. The van der Waals surface area contributed by atoms with Crippen LogP contribution in [0.4, 0.5) is 0 Å². The van der Waals surface area contributed by atoms with Gasteiger partial charge in [0, 0.05) is 19.6 Å². The van der Waals surface area contributed by atoms with Crippen molar-refractivity contribution in [1.82, 2.24) is 10.2 Å². The molecular weight excluding hydrogens is 288 g/mol. The molecule has 1 N–H and O–H groups in total. The number of benzene rings is 1. The molecule has 0 spiro atoms. The van der Waals surface area contributed by atoms with Crippen molar-refractivity contribution in [2.45, 2.75) is 26.4 Å². The normalized spacial score (nSPS) is 19.1. The Balaban J connectivity index is 1.60. The summed E-state index contributed by atoms with van der Waals surface area (Å²) < 4.78 is 5.46. The van der Waals surface area contributed by atoms with Crippen molar-refractivity contribution in [3.05, 3.63) is 48.0 Å². The molecule has 0 bridgehead atoms. The lowest BCUT2D eigenvalue weighted by Crippen LogP contribution is -2.41. The minimum atomic E-state index is -0.0218. The van der Waals surface area contributed by atoms with Gasteiger partial charge < -0.3 is 10.1 Å². The summed E-state index contributed by atoms with van der Waals surface area (Å²) in [7, 11) is 0. The molecule has 4 heteroatoms. The van der Waals surface area contributed by atoms with Crippen LogP contribution >= 0.6 is 0 Å². The van der Waals surface area contributed by atoms with Crippen molar-refractivity contribution in [2.24, 2.45) is 5.92 Å². The summed E-state index contributed by atoms with van der Waals surface area (Å²) >= 11 is 0. The first-order chi connectivity index (χ1) is 11.3. The van der Waals surface area contributed by atoms with E-state index in [2.05, 4.69) is 29.3 Å². The van der Waals surface area contributed by atoms with E-state index in [0.29, 0.717) is 12.5 Å². The van der Waals surface area contributed by atoms with Crippen LogP contribution in [0.25, 0.3) is 0 Å². The minimum absolute atomic E-state index is 0.0218. The van der Waals surface area contributed by atoms with Gasteiger partial charge in [-0.3, -0.25) is 9.69 Å². The number of likely N-dealkylation sites (tertiary alicyclic amines) is 1. The summed E-state index contributed by atoms with van der Waals surface area (Å²) in [5.41, 5.74) is 1.09. The van der Waals surface area contributed by atoms with E-state index >= 15 is 0 Å². The Kier molecular flexibility index (Phi) is 7.84. The predicted octanol–water partition coefficient (Wildman–Crippen LogP) is 2.61. The van der Waals surface area contributed by atoms with Crippen LogP contribution in [0.3, 0.4) is 0 Å². The monoisotopic (exact) mass is 316 g/mol. The van der Waals surface area contributed by atoms with Crippen molar-refractivity contribution in [3.63, 3.8) is 0 Å². The second-order valence-corrected chi connectivity index (χ2v) is 6.12. The second-order valence-electron chi connectivity index (χ2n) is 6.12. The fraction of sp³-hybridized carbons (Fsp3) is 0.526. The van der Waals surface area contributed by atoms with Gasteiger partial charge in [0.25, 0.3) is 0 Å². The van der Waals surface area contributed by atoms with Gasteiger partial charge >= 0.3 is 0 Å². The zero-order chi connectivity index (χ0) is 16.3. The highest BCUT2D eigenvalue weighted by atomic mass is 16.5. The Morgan fingerprint density at radius 2 is 2.22 bits per heavy atom. The number of carbonyl (C=O) groups excluding carboxylic acids is 1. The van der Waals surface area contributed by atoms with Gasteiger partial charge in [0.2, 0.25) is 5.91 Å². The van der Waals surface area contributed by atoms with Gasteiger partial charge in [0.1, 0.15) is 6.61 Å². The lowest BCUT2D eigenvalue weighted by molar-refractivity contribution is -0.126. The van der Waals surface area contributed by atoms with Crippen LogP contribution in [-0.4, -0.2) is 43.6 Å². The van der Waals surface area contributed by atoms with Crippen molar-refractivity contribution in [2.75, 3.05) is 32.8 Å². The molecule has 4 nitrogen and oxygen atoms in total. The molecule has 1 heterocycles. The van der Waals surface area contributed by atoms with E-state index in [0.717, 1.165) is 31.7 Å². The number of allylic oxidation sites excluding steroid dienone is 1. The summed E-state index contributed by atoms with van der Waals surface area (Å²) in [6.45, 7) is 6.65. The lowest BCUT2D eigenvalue weighted by atomic mass is 9.98. The first-order valence-electron chi connectivity index (χ1n) is 8.50. The standard InChI is InChI=1S/C19H28N2O2/c1-2-3-11-21-12-7-10-18(14-21)13-20-19(22)16-23-15-17-8-5-4-6-9-17/h2-6,8-9,18H,7,10-16H2,1H3,(H,20,22). The van der Waals surface area contributed by atoms with E-state index in [-0.39, 0.29) is 12.5 Å². The van der Waals surface area contributed by atoms with Crippen LogP contribution in [0.2, 0.25) is 0 Å². The Morgan fingerprint density at radius 3 is 3.00 bits per heavy atom. The number of carbonyl (C=O) groups is 1. The molecule has 1 fully saturated rings. The molecule has 1 aromatic rings. The molecule has 0 aromatic heterocycles. The molecule has 0 saturated carbocycles. The molecule has 126 valence electrons. The number of hydrogen-bond acceptors (Lipinski definition) is 3. The number of rotatable bonds is 8. The van der Waals surface area contributed by atoms with Crippen LogP contribution in [0.15, 0.2) is 42.5 Å². The van der Waals surface area contributed by atoms with Crippen molar-refractivity contribution < 1.29 is 9.53 Å². The summed E-state index contributed by atoms with van der Waals surface area (Å²) in [5, 5.41) is 3.01. The number of nitrogens with one attached hydrogen (secondary N) is 1. The largest absolute Gasteiger partial charge is 0.367 e. The maximum absolute atomic E-state index is 11.9. The quantitative estimate of drug-likeness (QED) is 0.750. The molecule has 2 rings (SSSR count). The molecular formula is C19H28N2O2. The van der Waals surface area contributed by atoms with Crippen LogP contribution < -0.4 is 5.32 Å². The van der Waals surface area contributed by atoms with E-state index in [1.807, 2.05) is 30.3 Å². The number of nitrogens with zero attached hydrogens (tertiary/aromatic N) is 1. The van der Waals surface area contributed by atoms with E-state index in [1.165, 1.54) is 12.8 Å². The van der Waals surface area contributed by atoms with E-state index < -0.39 is 0 Å². The highest BCUT2D eigenvalue weighted by Gasteiger charge is 2.19. The first-order valence-corrected chi connectivity index (χ1v) is 8.50. The molecule has 1 atom stereocenters. The Labute approximate surface area is 139 Å². The van der Waals surface area contributed by atoms with Gasteiger partial charge in [-0.2, -0.15) is 0 Å². The van der Waals surface area contributed by atoms with E-state index in [1.54, 1.807) is 0 Å². The zero-order valence-electron chi connectivity index (χ0n) is 14.0. The molecule has 1 aliphatic rings. The second kappa shape index (κ2) is 10.2. The Hall–Kier alpha value is -1.65. The molecule has 23 heavy (non-hydrogen) atoms. The SMILES string of the molecule is CC=CCN1CCCC(CNC(=O)COCc2ccccc2)C1. The summed E-state index contributed by atoms with van der Waals surface area (Å²) in [5.74, 6) is 0.526. The van der Waals surface area contributed by atoms with Crippen molar-refractivity contribution in [1.29, 1.82) is 0 Å². The number of ether oxygens (including phenoxy) is 1. The summed E-state index contributed by atoms with van der Waals surface area (Å²) in [6.07, 6.45) is 6.69. The van der Waals surface area contributed by atoms with Crippen LogP contribution in [0.5, 0.6) is 0 Å². The lowest BCUT2D eigenvalue weighted by Gasteiger charge is -2.32. The van der Waals surface area contributed by atoms with Crippen molar-refractivity contribution >= 4 is 5.91 Å². The zero-order valence-corrected chi connectivity index (χ0v) is 14.0. The van der Waals surface area contributed by atoms with Crippen LogP contribution in [-0.2, 0) is 16.1 Å². The molecule has 1 unspecified atom stereocenters. The highest BCUT2D eigenvalue weighted by Crippen LogP contribution is 2.15. The van der Waals surface area contributed by atoms with Gasteiger partial charge in [0.05, 0.1) is 6.61 Å². The van der Waals surface area contributed by atoms with Gasteiger partial charge in [-0.05, 0) is 37.8 Å². The average Bonchev–Trinajstić information content (AvgIpc) is 2.59. The Morgan fingerprint density at radius 1 is 1.39 bits per heavy atom. The van der Waals surface area contributed by atoms with E-state index in [9.17, 15) is 4.79 Å². The Bertz CT molecular complexity index is 487.